The number of nitrogens with two attached hydrogens (primary N) is 1. The van der Waals surface area contributed by atoms with Gasteiger partial charge in [-0.15, -0.1) is 0 Å². The molecule has 0 aliphatic rings. The van der Waals surface area contributed by atoms with E-state index >= 15 is 0 Å². The van der Waals surface area contributed by atoms with Gasteiger partial charge in [0.2, 0.25) is 0 Å². The molecule has 4 N–H and O–H groups in total. The van der Waals surface area contributed by atoms with Gasteiger partial charge in [-0.05, 0) is 18.1 Å². The first-order chi connectivity index (χ1) is 7.74. The van der Waals surface area contributed by atoms with Crippen molar-refractivity contribution in [2.45, 2.75) is 6.42 Å². The normalized spacial score (nSPS) is 9.88. The maximum Gasteiger partial charge on any atom is 0.314 e. The fourth-order valence-electron chi connectivity index (χ4n) is 1.26. The zero-order valence-electron chi connectivity index (χ0n) is 9.00. The van der Waals surface area contributed by atoms with E-state index in [1.165, 1.54) is 6.07 Å². The van der Waals surface area contributed by atoms with E-state index in [-0.39, 0.29) is 11.8 Å². The summed E-state index contributed by atoms with van der Waals surface area (Å²) in [5, 5.41) is 5.19. The average molecular weight is 225 g/mol. The molecule has 16 heavy (non-hydrogen) atoms. The zero-order chi connectivity index (χ0) is 11.8. The number of rotatable bonds is 5. The Morgan fingerprint density at radius 3 is 2.62 bits per heavy atom. The topological polar surface area (TPSA) is 67.1 Å². The summed E-state index contributed by atoms with van der Waals surface area (Å²) in [7, 11) is 0. The van der Waals surface area contributed by atoms with Crippen molar-refractivity contribution in [2.24, 2.45) is 5.73 Å². The SMILES string of the molecule is NCCNC(=O)NCCc1ccccc1F. The molecule has 0 aliphatic heterocycles. The molecule has 1 aromatic carbocycles. The summed E-state index contributed by atoms with van der Waals surface area (Å²) in [5.74, 6) is -0.244. The van der Waals surface area contributed by atoms with Crippen LogP contribution in [0.3, 0.4) is 0 Å². The van der Waals surface area contributed by atoms with Crippen molar-refractivity contribution in [1.29, 1.82) is 0 Å². The molecule has 0 saturated carbocycles. The van der Waals surface area contributed by atoms with Gasteiger partial charge in [0.15, 0.2) is 0 Å². The second kappa shape index (κ2) is 6.79. The van der Waals surface area contributed by atoms with E-state index in [9.17, 15) is 9.18 Å². The van der Waals surface area contributed by atoms with Crippen molar-refractivity contribution >= 4 is 6.03 Å². The molecule has 0 fully saturated rings. The van der Waals surface area contributed by atoms with Crippen LogP contribution in [0.5, 0.6) is 0 Å². The summed E-state index contributed by atoms with van der Waals surface area (Å²) in [6, 6.07) is 6.24. The molecule has 0 saturated heterocycles. The highest BCUT2D eigenvalue weighted by molar-refractivity contribution is 5.73. The first-order valence-electron chi connectivity index (χ1n) is 5.19. The van der Waals surface area contributed by atoms with Crippen molar-refractivity contribution in [2.75, 3.05) is 19.6 Å². The lowest BCUT2D eigenvalue weighted by molar-refractivity contribution is 0.241. The quantitative estimate of drug-likeness (QED) is 0.688. The Morgan fingerprint density at radius 2 is 1.94 bits per heavy atom. The molecule has 0 heterocycles. The summed E-state index contributed by atoms with van der Waals surface area (Å²) in [6.07, 6.45) is 0.475. The summed E-state index contributed by atoms with van der Waals surface area (Å²) in [4.78, 5) is 11.1. The number of urea groups is 1. The van der Waals surface area contributed by atoms with Gasteiger partial charge in [-0.2, -0.15) is 0 Å². The highest BCUT2D eigenvalue weighted by atomic mass is 19.1. The number of nitrogens with one attached hydrogen (secondary N) is 2. The Morgan fingerprint density at radius 1 is 1.25 bits per heavy atom. The van der Waals surface area contributed by atoms with Crippen LogP contribution in [0.1, 0.15) is 5.56 Å². The predicted molar refractivity (Wildman–Crippen MR) is 60.6 cm³/mol. The lowest BCUT2D eigenvalue weighted by Crippen LogP contribution is -2.39. The first kappa shape index (κ1) is 12.4. The van der Waals surface area contributed by atoms with Crippen LogP contribution in [0.2, 0.25) is 0 Å². The number of hydrogen-bond donors (Lipinski definition) is 3. The second-order valence-corrected chi connectivity index (χ2v) is 3.31. The molecule has 0 spiro atoms. The van der Waals surface area contributed by atoms with Crippen molar-refractivity contribution in [1.82, 2.24) is 10.6 Å². The summed E-state index contributed by atoms with van der Waals surface area (Å²) >= 11 is 0. The van der Waals surface area contributed by atoms with E-state index in [4.69, 9.17) is 5.73 Å². The third-order valence-electron chi connectivity index (χ3n) is 2.07. The molecule has 2 amide bonds. The van der Waals surface area contributed by atoms with Gasteiger partial charge in [-0.1, -0.05) is 18.2 Å². The van der Waals surface area contributed by atoms with Crippen LogP contribution in [0, 0.1) is 5.82 Å². The predicted octanol–water partition coefficient (Wildman–Crippen LogP) is 0.626. The molecular weight excluding hydrogens is 209 g/mol. The molecular formula is C11H16FN3O. The van der Waals surface area contributed by atoms with Gasteiger partial charge in [0, 0.05) is 19.6 Å². The van der Waals surface area contributed by atoms with E-state index in [2.05, 4.69) is 10.6 Å². The molecule has 4 nitrogen and oxygen atoms in total. The molecule has 0 radical (unpaired) electrons. The van der Waals surface area contributed by atoms with E-state index < -0.39 is 0 Å². The first-order valence-corrected chi connectivity index (χ1v) is 5.19. The average Bonchev–Trinajstić information content (AvgIpc) is 2.29. The lowest BCUT2D eigenvalue weighted by Gasteiger charge is -2.06. The Hall–Kier alpha value is -1.62. The van der Waals surface area contributed by atoms with Gasteiger partial charge in [0.05, 0.1) is 0 Å². The molecule has 1 rings (SSSR count). The van der Waals surface area contributed by atoms with Crippen LogP contribution in [-0.4, -0.2) is 25.7 Å². The Balaban J connectivity index is 2.25. The third kappa shape index (κ3) is 4.27. The van der Waals surface area contributed by atoms with Crippen LogP contribution in [0.15, 0.2) is 24.3 Å². The summed E-state index contributed by atoms with van der Waals surface area (Å²) in [6.45, 7) is 1.24. The molecule has 1 aromatic rings. The van der Waals surface area contributed by atoms with Gasteiger partial charge in [-0.3, -0.25) is 0 Å². The molecule has 0 unspecified atom stereocenters. The van der Waals surface area contributed by atoms with Crippen molar-refractivity contribution in [3.63, 3.8) is 0 Å². The second-order valence-electron chi connectivity index (χ2n) is 3.31. The fourth-order valence-corrected chi connectivity index (χ4v) is 1.26. The maximum atomic E-state index is 13.2. The van der Waals surface area contributed by atoms with E-state index in [1.54, 1.807) is 18.2 Å². The smallest absolute Gasteiger partial charge is 0.314 e. The van der Waals surface area contributed by atoms with Crippen LogP contribution >= 0.6 is 0 Å². The van der Waals surface area contributed by atoms with Crippen molar-refractivity contribution in [3.8, 4) is 0 Å². The van der Waals surface area contributed by atoms with Crippen LogP contribution in [-0.2, 0) is 6.42 Å². The lowest BCUT2D eigenvalue weighted by atomic mass is 10.1. The number of halogens is 1. The number of benzene rings is 1. The van der Waals surface area contributed by atoms with E-state index in [0.717, 1.165) is 0 Å². The van der Waals surface area contributed by atoms with Crippen molar-refractivity contribution < 1.29 is 9.18 Å². The van der Waals surface area contributed by atoms with Gasteiger partial charge < -0.3 is 16.4 Å². The summed E-state index contributed by atoms with van der Waals surface area (Å²) in [5.41, 5.74) is 5.82. The number of hydrogen-bond acceptors (Lipinski definition) is 2. The molecule has 0 aliphatic carbocycles. The molecule has 5 heteroatoms. The van der Waals surface area contributed by atoms with E-state index in [0.29, 0.717) is 31.6 Å². The molecule has 0 aromatic heterocycles. The largest absolute Gasteiger partial charge is 0.338 e. The third-order valence-corrected chi connectivity index (χ3v) is 2.07. The number of carbonyl (C=O) groups excluding carboxylic acids is 1. The minimum atomic E-state index is -0.276. The molecule has 88 valence electrons. The maximum absolute atomic E-state index is 13.2. The Labute approximate surface area is 94.0 Å². The minimum Gasteiger partial charge on any atom is -0.338 e. The van der Waals surface area contributed by atoms with Gasteiger partial charge >= 0.3 is 6.03 Å². The van der Waals surface area contributed by atoms with Gasteiger partial charge in [-0.25, -0.2) is 9.18 Å². The Kier molecular flexibility index (Phi) is 5.28. The van der Waals surface area contributed by atoms with Crippen LogP contribution in [0.25, 0.3) is 0 Å². The highest BCUT2D eigenvalue weighted by Crippen LogP contribution is 2.05. The Bertz CT molecular complexity index is 344. The highest BCUT2D eigenvalue weighted by Gasteiger charge is 2.01. The number of amides is 2. The fraction of sp³-hybridized carbons (Fsp3) is 0.364. The van der Waals surface area contributed by atoms with Crippen LogP contribution < -0.4 is 16.4 Å². The van der Waals surface area contributed by atoms with Gasteiger partial charge in [0.25, 0.3) is 0 Å². The van der Waals surface area contributed by atoms with Gasteiger partial charge in [0.1, 0.15) is 5.82 Å². The zero-order valence-corrected chi connectivity index (χ0v) is 9.00. The minimum absolute atomic E-state index is 0.244. The molecule has 0 bridgehead atoms. The van der Waals surface area contributed by atoms with Crippen molar-refractivity contribution in [3.05, 3.63) is 35.6 Å². The standard InChI is InChI=1S/C11H16FN3O/c12-10-4-2-1-3-9(10)5-7-14-11(16)15-8-6-13/h1-4H,5-8,13H2,(H2,14,15,16). The van der Waals surface area contributed by atoms with Crippen LogP contribution in [0.4, 0.5) is 9.18 Å². The summed E-state index contributed by atoms with van der Waals surface area (Å²) < 4.78 is 13.2. The monoisotopic (exact) mass is 225 g/mol. The number of carbonyl (C=O) groups is 1. The molecule has 0 atom stereocenters. The van der Waals surface area contributed by atoms with E-state index in [1.807, 2.05) is 0 Å².